The molecule has 2 aromatic carbocycles. The second-order valence-corrected chi connectivity index (χ2v) is 6.52. The fraction of sp³-hybridized carbons (Fsp3) is 0.238. The van der Waals surface area contributed by atoms with E-state index in [-0.39, 0.29) is 12.5 Å². The average molecular weight is 349 g/mol. The van der Waals surface area contributed by atoms with Gasteiger partial charge in [-0.25, -0.2) is 0 Å². The summed E-state index contributed by atoms with van der Waals surface area (Å²) in [6.45, 7) is 4.86. The summed E-state index contributed by atoms with van der Waals surface area (Å²) >= 11 is 0. The van der Waals surface area contributed by atoms with Crippen molar-refractivity contribution in [3.05, 3.63) is 71.4 Å². The minimum Gasteiger partial charge on any atom is -0.356 e. The number of nitrogens with one attached hydrogen (secondary N) is 1. The smallest absolute Gasteiger partial charge is 0.238 e. The third-order valence-electron chi connectivity index (χ3n) is 4.34. The SMILES string of the molecule is Cc1cccc(NC(=O)CN(C)Cc2cc(-c3ccccc3)on2)c1C. The number of likely N-dealkylation sites (N-methyl/N-ethyl adjacent to an activating group) is 1. The van der Waals surface area contributed by atoms with Crippen LogP contribution in [0.4, 0.5) is 5.69 Å². The van der Waals surface area contributed by atoms with E-state index in [2.05, 4.69) is 10.5 Å². The zero-order chi connectivity index (χ0) is 18.5. The highest BCUT2D eigenvalue weighted by Crippen LogP contribution is 2.20. The Morgan fingerprint density at radius 1 is 1.12 bits per heavy atom. The Morgan fingerprint density at radius 2 is 1.88 bits per heavy atom. The molecule has 5 heteroatoms. The first-order valence-corrected chi connectivity index (χ1v) is 8.58. The molecule has 0 saturated heterocycles. The van der Waals surface area contributed by atoms with Crippen LogP contribution >= 0.6 is 0 Å². The molecule has 0 aliphatic heterocycles. The van der Waals surface area contributed by atoms with E-state index >= 15 is 0 Å². The Bertz CT molecular complexity index is 887. The van der Waals surface area contributed by atoms with Crippen LogP contribution in [0.3, 0.4) is 0 Å². The summed E-state index contributed by atoms with van der Waals surface area (Å²) in [4.78, 5) is 14.2. The second kappa shape index (κ2) is 7.97. The number of carbonyl (C=O) groups excluding carboxylic acids is 1. The lowest BCUT2D eigenvalue weighted by molar-refractivity contribution is -0.117. The van der Waals surface area contributed by atoms with E-state index in [1.165, 1.54) is 0 Å². The van der Waals surface area contributed by atoms with Crippen molar-refractivity contribution in [2.24, 2.45) is 0 Å². The Labute approximate surface area is 153 Å². The third kappa shape index (κ3) is 4.37. The molecule has 26 heavy (non-hydrogen) atoms. The molecule has 1 amide bonds. The molecule has 1 heterocycles. The van der Waals surface area contributed by atoms with E-state index in [9.17, 15) is 4.79 Å². The lowest BCUT2D eigenvalue weighted by atomic mass is 10.1. The van der Waals surface area contributed by atoms with Gasteiger partial charge in [0.1, 0.15) is 0 Å². The molecule has 0 atom stereocenters. The maximum atomic E-state index is 12.3. The number of hydrogen-bond acceptors (Lipinski definition) is 4. The summed E-state index contributed by atoms with van der Waals surface area (Å²) < 4.78 is 5.40. The van der Waals surface area contributed by atoms with E-state index < -0.39 is 0 Å². The molecule has 1 aromatic heterocycles. The number of anilines is 1. The molecule has 0 spiro atoms. The van der Waals surface area contributed by atoms with Crippen LogP contribution in [0.1, 0.15) is 16.8 Å². The molecule has 3 rings (SSSR count). The molecule has 5 nitrogen and oxygen atoms in total. The van der Waals surface area contributed by atoms with Gasteiger partial charge < -0.3 is 9.84 Å². The largest absolute Gasteiger partial charge is 0.356 e. The normalized spacial score (nSPS) is 10.9. The number of carbonyl (C=O) groups is 1. The molecule has 134 valence electrons. The number of amides is 1. The molecule has 0 bridgehead atoms. The Morgan fingerprint density at radius 3 is 2.65 bits per heavy atom. The summed E-state index contributed by atoms with van der Waals surface area (Å²) in [5.74, 6) is 0.682. The minimum absolute atomic E-state index is 0.0482. The summed E-state index contributed by atoms with van der Waals surface area (Å²) in [6, 6.07) is 17.6. The van der Waals surface area contributed by atoms with E-state index in [0.29, 0.717) is 6.54 Å². The molecule has 0 aliphatic carbocycles. The van der Waals surface area contributed by atoms with Gasteiger partial charge in [-0.2, -0.15) is 0 Å². The molecular formula is C21H23N3O2. The van der Waals surface area contributed by atoms with Crippen molar-refractivity contribution in [3.8, 4) is 11.3 Å². The Hall–Kier alpha value is -2.92. The number of rotatable bonds is 6. The van der Waals surface area contributed by atoms with Crippen molar-refractivity contribution in [1.29, 1.82) is 0 Å². The van der Waals surface area contributed by atoms with Gasteiger partial charge in [0.2, 0.25) is 5.91 Å². The van der Waals surface area contributed by atoms with E-state index in [1.807, 2.05) is 80.4 Å². The van der Waals surface area contributed by atoms with Crippen molar-refractivity contribution in [2.75, 3.05) is 18.9 Å². The number of nitrogens with zero attached hydrogens (tertiary/aromatic N) is 2. The Balaban J connectivity index is 1.57. The van der Waals surface area contributed by atoms with Crippen LogP contribution in [0.15, 0.2) is 59.1 Å². The fourth-order valence-electron chi connectivity index (χ4n) is 2.78. The molecule has 0 radical (unpaired) electrons. The average Bonchev–Trinajstić information content (AvgIpc) is 3.08. The van der Waals surface area contributed by atoms with Crippen molar-refractivity contribution in [2.45, 2.75) is 20.4 Å². The third-order valence-corrected chi connectivity index (χ3v) is 4.34. The van der Waals surface area contributed by atoms with Crippen molar-refractivity contribution in [3.63, 3.8) is 0 Å². The minimum atomic E-state index is -0.0482. The van der Waals surface area contributed by atoms with Crippen LogP contribution < -0.4 is 5.32 Å². The second-order valence-electron chi connectivity index (χ2n) is 6.52. The predicted octanol–water partition coefficient (Wildman–Crippen LogP) is 4.03. The van der Waals surface area contributed by atoms with Crippen LogP contribution in [0.5, 0.6) is 0 Å². The lowest BCUT2D eigenvalue weighted by Crippen LogP contribution is -2.30. The summed E-state index contributed by atoms with van der Waals surface area (Å²) in [7, 11) is 1.89. The van der Waals surface area contributed by atoms with Gasteiger partial charge in [-0.1, -0.05) is 47.6 Å². The maximum Gasteiger partial charge on any atom is 0.238 e. The summed E-state index contributed by atoms with van der Waals surface area (Å²) in [5, 5.41) is 7.08. The molecule has 0 unspecified atom stereocenters. The number of aryl methyl sites for hydroxylation is 1. The van der Waals surface area contributed by atoms with Crippen LogP contribution in [-0.2, 0) is 11.3 Å². The Kier molecular flexibility index (Phi) is 5.49. The summed E-state index contributed by atoms with van der Waals surface area (Å²) in [5.41, 5.74) is 4.89. The number of hydrogen-bond donors (Lipinski definition) is 1. The highest BCUT2D eigenvalue weighted by atomic mass is 16.5. The quantitative estimate of drug-likeness (QED) is 0.730. The lowest BCUT2D eigenvalue weighted by Gasteiger charge is -2.16. The van der Waals surface area contributed by atoms with Crippen LogP contribution in [0.25, 0.3) is 11.3 Å². The van der Waals surface area contributed by atoms with Crippen LogP contribution in [-0.4, -0.2) is 29.6 Å². The predicted molar refractivity (Wildman–Crippen MR) is 103 cm³/mol. The van der Waals surface area contributed by atoms with Gasteiger partial charge in [-0.15, -0.1) is 0 Å². The van der Waals surface area contributed by atoms with Gasteiger partial charge in [0.05, 0.1) is 12.2 Å². The maximum absolute atomic E-state index is 12.3. The summed E-state index contributed by atoms with van der Waals surface area (Å²) in [6.07, 6.45) is 0. The zero-order valence-electron chi connectivity index (χ0n) is 15.3. The van der Waals surface area contributed by atoms with Gasteiger partial charge in [0.25, 0.3) is 0 Å². The highest BCUT2D eigenvalue weighted by Gasteiger charge is 2.12. The van der Waals surface area contributed by atoms with E-state index in [4.69, 9.17) is 4.52 Å². The number of benzene rings is 2. The van der Waals surface area contributed by atoms with Gasteiger partial charge in [-0.3, -0.25) is 9.69 Å². The first kappa shape index (κ1) is 17.9. The zero-order valence-corrected chi connectivity index (χ0v) is 15.3. The molecule has 3 aromatic rings. The van der Waals surface area contributed by atoms with Crippen molar-refractivity contribution < 1.29 is 9.32 Å². The van der Waals surface area contributed by atoms with Crippen molar-refractivity contribution >= 4 is 11.6 Å². The first-order chi connectivity index (χ1) is 12.5. The molecule has 0 aliphatic rings. The van der Waals surface area contributed by atoms with Gasteiger partial charge >= 0.3 is 0 Å². The van der Waals surface area contributed by atoms with E-state index in [0.717, 1.165) is 33.8 Å². The van der Waals surface area contributed by atoms with Crippen LogP contribution in [0.2, 0.25) is 0 Å². The number of aromatic nitrogens is 1. The topological polar surface area (TPSA) is 58.4 Å². The fourth-order valence-corrected chi connectivity index (χ4v) is 2.78. The molecule has 1 N–H and O–H groups in total. The van der Waals surface area contributed by atoms with Crippen molar-refractivity contribution in [1.82, 2.24) is 10.1 Å². The van der Waals surface area contributed by atoms with E-state index in [1.54, 1.807) is 0 Å². The van der Waals surface area contributed by atoms with Crippen LogP contribution in [0, 0.1) is 13.8 Å². The van der Waals surface area contributed by atoms with Gasteiger partial charge in [-0.05, 0) is 38.1 Å². The molecule has 0 saturated carbocycles. The standard InChI is InChI=1S/C21H23N3O2/c1-15-8-7-11-19(16(15)2)22-21(25)14-24(3)13-18-12-20(26-23-18)17-9-5-4-6-10-17/h4-12H,13-14H2,1-3H3,(H,22,25). The van der Waals surface area contributed by atoms with Gasteiger partial charge in [0.15, 0.2) is 5.76 Å². The highest BCUT2D eigenvalue weighted by molar-refractivity contribution is 5.93. The molecule has 0 fully saturated rings. The van der Waals surface area contributed by atoms with Gasteiger partial charge in [0, 0.05) is 23.9 Å². The molecular weight excluding hydrogens is 326 g/mol. The first-order valence-electron chi connectivity index (χ1n) is 8.58. The monoisotopic (exact) mass is 349 g/mol.